The molecule has 1 aliphatic rings. The van der Waals surface area contributed by atoms with Crippen molar-refractivity contribution in [1.82, 2.24) is 4.90 Å². The Morgan fingerprint density at radius 1 is 1.12 bits per heavy atom. The third-order valence-corrected chi connectivity index (χ3v) is 7.52. The summed E-state index contributed by atoms with van der Waals surface area (Å²) in [6, 6.07) is 20.2. The van der Waals surface area contributed by atoms with Crippen LogP contribution in [-0.4, -0.2) is 31.0 Å². The largest absolute Gasteiger partial charge is 0.497 e. The van der Waals surface area contributed by atoms with Crippen LogP contribution in [-0.2, 0) is 6.42 Å². The van der Waals surface area contributed by atoms with E-state index in [1.54, 1.807) is 18.4 Å². The number of nitrogens with one attached hydrogen (secondary N) is 1. The molecule has 2 aromatic carbocycles. The van der Waals surface area contributed by atoms with Gasteiger partial charge in [-0.15, -0.1) is 11.3 Å². The maximum Gasteiger partial charge on any atom is 0.256 e. The van der Waals surface area contributed by atoms with Crippen LogP contribution in [0.1, 0.15) is 59.1 Å². The maximum atomic E-state index is 13.0. The summed E-state index contributed by atoms with van der Waals surface area (Å²) in [5, 5.41) is 4.18. The highest BCUT2D eigenvalue weighted by atomic mass is 32.1. The van der Waals surface area contributed by atoms with Gasteiger partial charge in [0.15, 0.2) is 0 Å². The van der Waals surface area contributed by atoms with E-state index in [1.165, 1.54) is 28.8 Å². The summed E-state index contributed by atoms with van der Waals surface area (Å²) in [7, 11) is 1.71. The number of benzene rings is 2. The van der Waals surface area contributed by atoms with Gasteiger partial charge < -0.3 is 10.1 Å². The van der Waals surface area contributed by atoms with Crippen molar-refractivity contribution in [3.63, 3.8) is 0 Å². The normalized spacial score (nSPS) is 16.0. The zero-order valence-electron chi connectivity index (χ0n) is 19.1. The highest BCUT2D eigenvalue weighted by Gasteiger charge is 2.30. The molecule has 4 rings (SSSR count). The molecule has 32 heavy (non-hydrogen) atoms. The van der Waals surface area contributed by atoms with Crippen LogP contribution in [0.25, 0.3) is 0 Å². The van der Waals surface area contributed by atoms with Gasteiger partial charge in [0.05, 0.1) is 13.2 Å². The second-order valence-corrected chi connectivity index (χ2v) is 9.71. The number of ether oxygens (including phenoxy) is 1. The average Bonchev–Trinajstić information content (AvgIpc) is 3.23. The molecule has 5 heteroatoms. The lowest BCUT2D eigenvalue weighted by Crippen LogP contribution is -2.37. The number of hydrogen-bond acceptors (Lipinski definition) is 4. The number of nitrogens with zero attached hydrogens (tertiary/aromatic N) is 1. The first-order valence-corrected chi connectivity index (χ1v) is 12.3. The summed E-state index contributed by atoms with van der Waals surface area (Å²) >= 11 is 1.69. The Morgan fingerprint density at radius 3 is 2.56 bits per heavy atom. The van der Waals surface area contributed by atoms with Crippen LogP contribution >= 0.6 is 11.3 Å². The summed E-state index contributed by atoms with van der Waals surface area (Å²) in [6.07, 6.45) is 3.33. The summed E-state index contributed by atoms with van der Waals surface area (Å²) in [5.74, 6) is 1.55. The Labute approximate surface area is 195 Å². The summed E-state index contributed by atoms with van der Waals surface area (Å²) in [4.78, 5) is 16.8. The molecule has 168 valence electrons. The molecule has 0 spiro atoms. The molecule has 1 atom stereocenters. The van der Waals surface area contributed by atoms with Crippen molar-refractivity contribution in [3.05, 3.63) is 82.2 Å². The first-order valence-electron chi connectivity index (χ1n) is 11.5. The lowest BCUT2D eigenvalue weighted by Gasteiger charge is -2.37. The number of likely N-dealkylation sites (tertiary alicyclic amines) is 1. The third-order valence-electron chi connectivity index (χ3n) is 6.31. The predicted octanol–water partition coefficient (Wildman–Crippen LogP) is 6.39. The lowest BCUT2D eigenvalue weighted by molar-refractivity contribution is 0.102. The Kier molecular flexibility index (Phi) is 7.28. The zero-order valence-corrected chi connectivity index (χ0v) is 20.0. The Hall–Kier alpha value is -2.63. The molecular formula is C27H32N2O2S. The number of carbonyl (C=O) groups excluding carboxylic acids is 1. The number of methoxy groups -OCH3 is 1. The molecule has 2 heterocycles. The second kappa shape index (κ2) is 10.3. The molecule has 0 saturated carbocycles. The minimum atomic E-state index is -0.0620. The molecule has 1 fully saturated rings. The van der Waals surface area contributed by atoms with E-state index in [4.69, 9.17) is 4.74 Å². The van der Waals surface area contributed by atoms with Crippen LogP contribution < -0.4 is 10.1 Å². The lowest BCUT2D eigenvalue weighted by atomic mass is 9.92. The average molecular weight is 449 g/mol. The highest BCUT2D eigenvalue weighted by molar-refractivity contribution is 7.16. The smallest absolute Gasteiger partial charge is 0.256 e. The van der Waals surface area contributed by atoms with E-state index in [1.807, 2.05) is 36.4 Å². The quantitative estimate of drug-likeness (QED) is 0.455. The van der Waals surface area contributed by atoms with Crippen LogP contribution in [0.3, 0.4) is 0 Å². The van der Waals surface area contributed by atoms with Crippen molar-refractivity contribution in [2.75, 3.05) is 25.5 Å². The SMILES string of the molecule is CCc1cc([C@H](c2cccc(OC)c2)N2CCC(C)CC2)c(NC(=O)c2ccccc2)s1. The van der Waals surface area contributed by atoms with E-state index in [-0.39, 0.29) is 11.9 Å². The van der Waals surface area contributed by atoms with Gasteiger partial charge in [0.25, 0.3) is 5.91 Å². The van der Waals surface area contributed by atoms with E-state index < -0.39 is 0 Å². The Bertz CT molecular complexity index is 1040. The number of hydrogen-bond donors (Lipinski definition) is 1. The van der Waals surface area contributed by atoms with Crippen LogP contribution in [0.5, 0.6) is 5.75 Å². The van der Waals surface area contributed by atoms with E-state index in [9.17, 15) is 4.79 Å². The van der Waals surface area contributed by atoms with E-state index in [0.29, 0.717) is 5.56 Å². The zero-order chi connectivity index (χ0) is 22.5. The van der Waals surface area contributed by atoms with Crippen molar-refractivity contribution in [2.45, 2.75) is 39.2 Å². The van der Waals surface area contributed by atoms with E-state index >= 15 is 0 Å². The van der Waals surface area contributed by atoms with Crippen molar-refractivity contribution < 1.29 is 9.53 Å². The predicted molar refractivity (Wildman–Crippen MR) is 133 cm³/mol. The molecule has 0 aliphatic carbocycles. The monoisotopic (exact) mass is 448 g/mol. The second-order valence-electron chi connectivity index (χ2n) is 8.57. The van der Waals surface area contributed by atoms with Gasteiger partial charge in [0, 0.05) is 16.0 Å². The molecule has 3 aromatic rings. The van der Waals surface area contributed by atoms with E-state index in [0.717, 1.165) is 36.2 Å². The van der Waals surface area contributed by atoms with Crippen molar-refractivity contribution in [3.8, 4) is 5.75 Å². The van der Waals surface area contributed by atoms with Crippen LogP contribution in [0.2, 0.25) is 0 Å². The van der Waals surface area contributed by atoms with Crippen molar-refractivity contribution in [2.24, 2.45) is 5.92 Å². The Balaban J connectivity index is 1.74. The topological polar surface area (TPSA) is 41.6 Å². The van der Waals surface area contributed by atoms with Gasteiger partial charge in [-0.3, -0.25) is 9.69 Å². The first-order chi connectivity index (χ1) is 15.6. The van der Waals surface area contributed by atoms with E-state index in [2.05, 4.69) is 48.3 Å². The molecule has 1 aromatic heterocycles. The van der Waals surface area contributed by atoms with Gasteiger partial charge in [-0.1, -0.05) is 44.2 Å². The maximum absolute atomic E-state index is 13.0. The number of aryl methyl sites for hydroxylation is 1. The molecular weight excluding hydrogens is 416 g/mol. The fourth-order valence-corrected chi connectivity index (χ4v) is 5.41. The molecule has 1 N–H and O–H groups in total. The minimum absolute atomic E-state index is 0.0620. The van der Waals surface area contributed by atoms with Gasteiger partial charge in [-0.05, 0) is 74.2 Å². The molecule has 0 radical (unpaired) electrons. The standard InChI is InChI=1S/C27H32N2O2S/c1-4-23-18-24(27(32-23)28-26(30)20-9-6-5-7-10-20)25(29-15-13-19(2)14-16-29)21-11-8-12-22(17-21)31-3/h5-12,17-19,25H,4,13-16H2,1-3H3,(H,28,30)/t25-/m0/s1. The highest BCUT2D eigenvalue weighted by Crippen LogP contribution is 2.41. The summed E-state index contributed by atoms with van der Waals surface area (Å²) < 4.78 is 5.54. The van der Waals surface area contributed by atoms with Crippen LogP contribution in [0, 0.1) is 5.92 Å². The van der Waals surface area contributed by atoms with Crippen LogP contribution in [0.15, 0.2) is 60.7 Å². The Morgan fingerprint density at radius 2 is 1.88 bits per heavy atom. The molecule has 1 aliphatic heterocycles. The number of amides is 1. The summed E-state index contributed by atoms with van der Waals surface area (Å²) in [5.41, 5.74) is 3.06. The minimum Gasteiger partial charge on any atom is -0.497 e. The number of rotatable bonds is 7. The summed E-state index contributed by atoms with van der Waals surface area (Å²) in [6.45, 7) is 6.60. The fraction of sp³-hybridized carbons (Fsp3) is 0.370. The number of anilines is 1. The van der Waals surface area contributed by atoms with Crippen molar-refractivity contribution in [1.29, 1.82) is 0 Å². The third kappa shape index (κ3) is 5.05. The molecule has 1 amide bonds. The first kappa shape index (κ1) is 22.6. The van der Waals surface area contributed by atoms with Gasteiger partial charge >= 0.3 is 0 Å². The molecule has 1 saturated heterocycles. The number of piperidine rings is 1. The molecule has 4 nitrogen and oxygen atoms in total. The van der Waals surface area contributed by atoms with Gasteiger partial charge in [-0.2, -0.15) is 0 Å². The number of thiophene rings is 1. The fourth-order valence-electron chi connectivity index (χ4n) is 4.38. The molecule has 0 bridgehead atoms. The molecule has 0 unspecified atom stereocenters. The van der Waals surface area contributed by atoms with Gasteiger partial charge in [0.2, 0.25) is 0 Å². The van der Waals surface area contributed by atoms with Crippen LogP contribution in [0.4, 0.5) is 5.00 Å². The van der Waals surface area contributed by atoms with Crippen molar-refractivity contribution >= 4 is 22.2 Å². The van der Waals surface area contributed by atoms with Gasteiger partial charge in [-0.25, -0.2) is 0 Å². The number of carbonyl (C=O) groups is 1. The van der Waals surface area contributed by atoms with Gasteiger partial charge in [0.1, 0.15) is 10.8 Å².